The molecule has 10 heteroatoms. The van der Waals surface area contributed by atoms with E-state index in [0.29, 0.717) is 61.2 Å². The van der Waals surface area contributed by atoms with Crippen molar-refractivity contribution in [3.8, 4) is 5.75 Å². The summed E-state index contributed by atoms with van der Waals surface area (Å²) in [4.78, 5) is 29.4. The van der Waals surface area contributed by atoms with Crippen molar-refractivity contribution in [2.45, 2.75) is 64.3 Å². The van der Waals surface area contributed by atoms with Gasteiger partial charge < -0.3 is 24.6 Å². The Labute approximate surface area is 222 Å². The van der Waals surface area contributed by atoms with Crippen LogP contribution in [0, 0.1) is 5.41 Å². The molecular weight excluding hydrogens is 503 g/mol. The van der Waals surface area contributed by atoms with Crippen LogP contribution in [0.25, 0.3) is 0 Å². The lowest BCUT2D eigenvalue weighted by atomic mass is 10.1. The summed E-state index contributed by atoms with van der Waals surface area (Å²) >= 11 is 12.2. The molecule has 3 aliphatic rings. The van der Waals surface area contributed by atoms with Gasteiger partial charge in [-0.15, -0.1) is 0 Å². The minimum atomic E-state index is -0.262. The Morgan fingerprint density at radius 2 is 1.81 bits per heavy atom. The second kappa shape index (κ2) is 11.8. The highest BCUT2D eigenvalue weighted by atomic mass is 35.5. The van der Waals surface area contributed by atoms with Crippen LogP contribution in [-0.2, 0) is 14.3 Å². The number of halogens is 2. The Kier molecular flexibility index (Phi) is 8.80. The van der Waals surface area contributed by atoms with E-state index in [4.69, 9.17) is 38.1 Å². The van der Waals surface area contributed by atoms with Gasteiger partial charge in [-0.05, 0) is 51.3 Å². The molecule has 0 bridgehead atoms. The van der Waals surface area contributed by atoms with Gasteiger partial charge in [-0.1, -0.05) is 23.2 Å². The summed E-state index contributed by atoms with van der Waals surface area (Å²) in [7, 11) is 0. The summed E-state index contributed by atoms with van der Waals surface area (Å²) in [5.41, 5.74) is 1.60. The van der Waals surface area contributed by atoms with Gasteiger partial charge in [0, 0.05) is 55.3 Å². The van der Waals surface area contributed by atoms with Gasteiger partial charge >= 0.3 is 0 Å². The third kappa shape index (κ3) is 6.52. The van der Waals surface area contributed by atoms with E-state index >= 15 is 0 Å². The molecule has 0 aromatic heterocycles. The maximum Gasteiger partial charge on any atom is 0.272 e. The van der Waals surface area contributed by atoms with Crippen LogP contribution in [0.3, 0.4) is 0 Å². The molecule has 2 saturated heterocycles. The van der Waals surface area contributed by atoms with E-state index in [1.807, 2.05) is 18.7 Å². The van der Waals surface area contributed by atoms with Crippen molar-refractivity contribution in [2.24, 2.45) is 0 Å². The molecule has 2 fully saturated rings. The van der Waals surface area contributed by atoms with Gasteiger partial charge in [0.05, 0.1) is 23.8 Å². The minimum absolute atomic E-state index is 0.00501. The number of amides is 2. The van der Waals surface area contributed by atoms with Crippen LogP contribution in [0.15, 0.2) is 29.5 Å². The predicted molar refractivity (Wildman–Crippen MR) is 140 cm³/mol. The Hall–Kier alpha value is -2.29. The molecule has 196 valence electrons. The molecule has 0 radical (unpaired) electrons. The quantitative estimate of drug-likeness (QED) is 0.512. The largest absolute Gasteiger partial charge is 0.489 e. The number of nitrogens with one attached hydrogen (secondary N) is 2. The zero-order valence-corrected chi connectivity index (χ0v) is 22.3. The highest BCUT2D eigenvalue weighted by Crippen LogP contribution is 2.30. The Morgan fingerprint density at radius 3 is 2.47 bits per heavy atom. The molecular formula is C26H34Cl2N4O4. The zero-order valence-electron chi connectivity index (χ0n) is 20.8. The number of nitrogens with zero attached hydrogens (tertiary/aromatic N) is 2. The fourth-order valence-electron chi connectivity index (χ4n) is 5.11. The monoisotopic (exact) mass is 536 g/mol. The van der Waals surface area contributed by atoms with E-state index in [1.165, 1.54) is 0 Å². The first-order valence-corrected chi connectivity index (χ1v) is 13.4. The molecule has 8 nitrogen and oxygen atoms in total. The Bertz CT molecular complexity index is 1030. The van der Waals surface area contributed by atoms with E-state index < -0.39 is 0 Å². The zero-order chi connectivity index (χ0) is 25.8. The number of carbonyl (C=O) groups is 2. The van der Waals surface area contributed by atoms with Crippen molar-refractivity contribution in [3.05, 3.63) is 39.5 Å². The average Bonchev–Trinajstić information content (AvgIpc) is 3.32. The molecule has 2 heterocycles. The smallest absolute Gasteiger partial charge is 0.272 e. The molecule has 1 aromatic carbocycles. The molecule has 36 heavy (non-hydrogen) atoms. The van der Waals surface area contributed by atoms with Crippen molar-refractivity contribution < 1.29 is 19.1 Å². The average molecular weight is 537 g/mol. The lowest BCUT2D eigenvalue weighted by Gasteiger charge is -2.35. The molecule has 2 atom stereocenters. The lowest BCUT2D eigenvalue weighted by Crippen LogP contribution is -2.50. The third-order valence-electron chi connectivity index (χ3n) is 6.88. The van der Waals surface area contributed by atoms with Gasteiger partial charge in [0.2, 0.25) is 5.91 Å². The van der Waals surface area contributed by atoms with Crippen LogP contribution in [0.5, 0.6) is 5.75 Å². The van der Waals surface area contributed by atoms with Gasteiger partial charge in [0.1, 0.15) is 17.6 Å². The second-order valence-corrected chi connectivity index (χ2v) is 10.6. The first-order valence-electron chi connectivity index (χ1n) is 12.6. The lowest BCUT2D eigenvalue weighted by molar-refractivity contribution is -0.136. The standard InChI is InChI=1S/C26H34Cl2N4O4/c1-16-14-32(15-17(2)35-16)26(34)25(29)20-4-3-5-22(20)30-13-24(33)31-10-8-19(9-11-31)36-23-7-6-18(27)12-21(23)28/h6-7,12,16-17,19,29-30H,3-5,8-11,13-15H2,1-2H3/t16-,17+. The topological polar surface area (TPSA) is 95.0 Å². The highest BCUT2D eigenvalue weighted by Gasteiger charge is 2.31. The Morgan fingerprint density at radius 1 is 1.11 bits per heavy atom. The number of hydrogen-bond donors (Lipinski definition) is 2. The number of hydrogen-bond acceptors (Lipinski definition) is 6. The molecule has 1 aliphatic carbocycles. The molecule has 0 spiro atoms. The maximum atomic E-state index is 13.0. The van der Waals surface area contributed by atoms with E-state index in [0.717, 1.165) is 24.1 Å². The normalized spacial score (nSPS) is 23.1. The summed E-state index contributed by atoms with van der Waals surface area (Å²) < 4.78 is 11.7. The van der Waals surface area contributed by atoms with Crippen LogP contribution in [-0.4, -0.2) is 78.4 Å². The van der Waals surface area contributed by atoms with Crippen molar-refractivity contribution in [3.63, 3.8) is 0 Å². The molecule has 1 aromatic rings. The summed E-state index contributed by atoms with van der Waals surface area (Å²) in [5, 5.41) is 12.8. The van der Waals surface area contributed by atoms with E-state index in [-0.39, 0.29) is 42.4 Å². The van der Waals surface area contributed by atoms with Crippen LogP contribution >= 0.6 is 23.2 Å². The summed E-state index contributed by atoms with van der Waals surface area (Å²) in [6.07, 6.45) is 3.61. The van der Waals surface area contributed by atoms with Crippen LogP contribution < -0.4 is 10.1 Å². The minimum Gasteiger partial charge on any atom is -0.489 e. The molecule has 2 N–H and O–H groups in total. The summed E-state index contributed by atoms with van der Waals surface area (Å²) in [5.74, 6) is 0.346. The molecule has 0 saturated carbocycles. The molecule has 4 rings (SSSR count). The van der Waals surface area contributed by atoms with Gasteiger partial charge in [-0.3, -0.25) is 15.0 Å². The fraction of sp³-hybridized carbons (Fsp3) is 0.577. The fourth-order valence-corrected chi connectivity index (χ4v) is 5.57. The highest BCUT2D eigenvalue weighted by molar-refractivity contribution is 6.44. The van der Waals surface area contributed by atoms with E-state index in [9.17, 15) is 9.59 Å². The first kappa shape index (κ1) is 26.8. The number of benzene rings is 1. The van der Waals surface area contributed by atoms with Gasteiger partial charge in [0.15, 0.2) is 0 Å². The third-order valence-corrected chi connectivity index (χ3v) is 7.41. The molecule has 2 amide bonds. The van der Waals surface area contributed by atoms with Crippen LogP contribution in [0.1, 0.15) is 46.0 Å². The van der Waals surface area contributed by atoms with E-state index in [2.05, 4.69) is 5.32 Å². The number of morpholine rings is 1. The number of allylic oxidation sites excluding steroid dienone is 1. The molecule has 2 aliphatic heterocycles. The number of likely N-dealkylation sites (tertiary alicyclic amines) is 1. The number of rotatable bonds is 7. The van der Waals surface area contributed by atoms with Crippen molar-refractivity contribution in [1.29, 1.82) is 5.41 Å². The SMILES string of the molecule is C[C@@H]1CN(C(=O)C(=N)C2=C(NCC(=O)N3CCC(Oc4ccc(Cl)cc4Cl)CC3)CCC2)C[C@H](C)O1. The number of piperidine rings is 1. The maximum absolute atomic E-state index is 13.0. The molecule has 0 unspecified atom stereocenters. The second-order valence-electron chi connectivity index (χ2n) is 9.78. The van der Waals surface area contributed by atoms with Crippen LogP contribution in [0.4, 0.5) is 0 Å². The van der Waals surface area contributed by atoms with Crippen molar-refractivity contribution >= 4 is 40.7 Å². The van der Waals surface area contributed by atoms with Gasteiger partial charge in [-0.25, -0.2) is 0 Å². The predicted octanol–water partition coefficient (Wildman–Crippen LogP) is 4.05. The van der Waals surface area contributed by atoms with Gasteiger partial charge in [-0.2, -0.15) is 0 Å². The number of carbonyl (C=O) groups excluding carboxylic acids is 2. The summed E-state index contributed by atoms with van der Waals surface area (Å²) in [6.45, 7) is 6.21. The van der Waals surface area contributed by atoms with Crippen LogP contribution in [0.2, 0.25) is 10.0 Å². The summed E-state index contributed by atoms with van der Waals surface area (Å²) in [6, 6.07) is 5.17. The number of ether oxygens (including phenoxy) is 2. The van der Waals surface area contributed by atoms with Crippen molar-refractivity contribution in [2.75, 3.05) is 32.7 Å². The Balaban J connectivity index is 1.27. The van der Waals surface area contributed by atoms with E-state index in [1.54, 1.807) is 23.1 Å². The first-order chi connectivity index (χ1) is 17.2. The van der Waals surface area contributed by atoms with Gasteiger partial charge in [0.25, 0.3) is 5.91 Å². The van der Waals surface area contributed by atoms with Crippen molar-refractivity contribution in [1.82, 2.24) is 15.1 Å².